The van der Waals surface area contributed by atoms with E-state index in [9.17, 15) is 0 Å². The van der Waals surface area contributed by atoms with Crippen LogP contribution in [0.2, 0.25) is 0 Å². The highest BCUT2D eigenvalue weighted by Crippen LogP contribution is 2.39. The fraction of sp³-hybridized carbons (Fsp3) is 0.382. The van der Waals surface area contributed by atoms with Gasteiger partial charge in [0.05, 0.1) is 12.6 Å². The number of allylic oxidation sites excluding steroid dienone is 4. The Kier molecular flexibility index (Phi) is 6.84. The number of hydrogen-bond donors (Lipinski definition) is 2. The Morgan fingerprint density at radius 2 is 1.56 bits per heavy atom. The molecule has 3 aromatic rings. The van der Waals surface area contributed by atoms with Crippen molar-refractivity contribution in [2.45, 2.75) is 79.4 Å². The van der Waals surface area contributed by atoms with E-state index in [2.05, 4.69) is 109 Å². The summed E-state index contributed by atoms with van der Waals surface area (Å²) in [7, 11) is 0. The van der Waals surface area contributed by atoms with Crippen LogP contribution in [0.5, 0.6) is 0 Å². The van der Waals surface area contributed by atoms with Crippen LogP contribution in [0, 0.1) is 13.8 Å². The molecule has 39 heavy (non-hydrogen) atoms. The second kappa shape index (κ2) is 10.4. The zero-order valence-corrected chi connectivity index (χ0v) is 24.1. The molecular formula is C34H41N5. The molecule has 1 unspecified atom stereocenters. The third-order valence-electron chi connectivity index (χ3n) is 8.38. The van der Waals surface area contributed by atoms with Gasteiger partial charge in [0.2, 0.25) is 0 Å². The Morgan fingerprint density at radius 3 is 2.23 bits per heavy atom. The number of rotatable bonds is 7. The normalized spacial score (nSPS) is 17.5. The number of benzene rings is 2. The Hall–Kier alpha value is -3.73. The first kappa shape index (κ1) is 25.5. The Balaban J connectivity index is 1.31. The molecule has 1 fully saturated rings. The van der Waals surface area contributed by atoms with Crippen molar-refractivity contribution in [1.82, 2.24) is 19.8 Å². The van der Waals surface area contributed by atoms with Crippen LogP contribution in [0.4, 0.5) is 11.5 Å². The predicted molar refractivity (Wildman–Crippen MR) is 162 cm³/mol. The van der Waals surface area contributed by atoms with E-state index in [0.29, 0.717) is 0 Å². The first-order chi connectivity index (χ1) is 18.9. The van der Waals surface area contributed by atoms with Crippen molar-refractivity contribution in [2.24, 2.45) is 0 Å². The van der Waals surface area contributed by atoms with Crippen molar-refractivity contribution in [3.63, 3.8) is 0 Å². The summed E-state index contributed by atoms with van der Waals surface area (Å²) in [4.78, 5) is 7.87. The summed E-state index contributed by atoms with van der Waals surface area (Å²) in [5, 5.41) is 7.65. The molecule has 2 aromatic carbocycles. The molecule has 6 rings (SSSR count). The summed E-state index contributed by atoms with van der Waals surface area (Å²) < 4.78 is 2.40. The largest absolute Gasteiger partial charge is 0.377 e. The smallest absolute Gasteiger partial charge is 0.138 e. The predicted octanol–water partition coefficient (Wildman–Crippen LogP) is 7.77. The zero-order valence-electron chi connectivity index (χ0n) is 24.1. The highest BCUT2D eigenvalue weighted by atomic mass is 15.3. The summed E-state index contributed by atoms with van der Waals surface area (Å²) in [6, 6.07) is 17.7. The van der Waals surface area contributed by atoms with Crippen molar-refractivity contribution in [2.75, 3.05) is 11.9 Å². The summed E-state index contributed by atoms with van der Waals surface area (Å²) >= 11 is 0. The number of hydrogen-bond acceptors (Lipinski definition) is 4. The number of fused-ring (bicyclic) bond motifs is 1. The van der Waals surface area contributed by atoms with Crippen LogP contribution in [-0.4, -0.2) is 27.0 Å². The van der Waals surface area contributed by atoms with Gasteiger partial charge in [0, 0.05) is 35.7 Å². The fourth-order valence-electron chi connectivity index (χ4n) is 6.06. The lowest BCUT2D eigenvalue weighted by Gasteiger charge is -2.36. The summed E-state index contributed by atoms with van der Waals surface area (Å²) in [6.07, 6.45) is 7.11. The van der Waals surface area contributed by atoms with Gasteiger partial charge in [0.25, 0.3) is 0 Å². The number of aryl methyl sites for hydroxylation is 2. The summed E-state index contributed by atoms with van der Waals surface area (Å²) in [5.74, 6) is 2.22. The second-order valence-corrected chi connectivity index (χ2v) is 11.6. The monoisotopic (exact) mass is 519 g/mol. The number of nitrogens with one attached hydrogen (secondary N) is 2. The lowest BCUT2D eigenvalue weighted by atomic mass is 9.97. The van der Waals surface area contributed by atoms with Gasteiger partial charge in [0.1, 0.15) is 17.3 Å². The average Bonchev–Trinajstić information content (AvgIpc) is 3.69. The van der Waals surface area contributed by atoms with Gasteiger partial charge in [-0.2, -0.15) is 0 Å². The maximum absolute atomic E-state index is 5.27. The van der Waals surface area contributed by atoms with Crippen LogP contribution in [0.25, 0.3) is 11.3 Å². The topological polar surface area (TPSA) is 45.1 Å². The van der Waals surface area contributed by atoms with Crippen LogP contribution in [0.3, 0.4) is 0 Å². The molecule has 1 aliphatic heterocycles. The molecular weight excluding hydrogens is 478 g/mol. The van der Waals surface area contributed by atoms with Crippen molar-refractivity contribution >= 4 is 11.5 Å². The van der Waals surface area contributed by atoms with E-state index in [0.717, 1.165) is 61.1 Å². The highest BCUT2D eigenvalue weighted by Gasteiger charge is 2.32. The quantitative estimate of drug-likeness (QED) is 0.335. The maximum Gasteiger partial charge on any atom is 0.138 e. The first-order valence-electron chi connectivity index (χ1n) is 14.5. The molecule has 0 bridgehead atoms. The molecule has 0 spiro atoms. The molecule has 0 radical (unpaired) electrons. The van der Waals surface area contributed by atoms with Crippen LogP contribution in [-0.2, 0) is 13.1 Å². The summed E-state index contributed by atoms with van der Waals surface area (Å²) in [6.45, 7) is 13.8. The molecule has 2 N–H and O–H groups in total. The SMILES string of the molecule is CC1=CCCC(C)=C1NC(C)C(=C1CC1)N1CCn2c(nc(-c3ccc(C)cc3)c2Nc2ccc(C)cc2)C1. The van der Waals surface area contributed by atoms with E-state index in [1.54, 1.807) is 5.57 Å². The Labute approximate surface area is 233 Å². The van der Waals surface area contributed by atoms with Gasteiger partial charge in [-0.15, -0.1) is 0 Å². The zero-order chi connectivity index (χ0) is 27.1. The van der Waals surface area contributed by atoms with E-state index >= 15 is 0 Å². The van der Waals surface area contributed by atoms with Gasteiger partial charge in [-0.3, -0.25) is 0 Å². The average molecular weight is 520 g/mol. The van der Waals surface area contributed by atoms with E-state index < -0.39 is 0 Å². The number of imidazole rings is 1. The van der Waals surface area contributed by atoms with Crippen LogP contribution in [0.15, 0.2) is 82.7 Å². The van der Waals surface area contributed by atoms with Gasteiger partial charge < -0.3 is 20.1 Å². The van der Waals surface area contributed by atoms with E-state index in [-0.39, 0.29) is 6.04 Å². The minimum absolute atomic E-state index is 0.275. The lowest BCUT2D eigenvalue weighted by Crippen LogP contribution is -2.41. The van der Waals surface area contributed by atoms with Crippen LogP contribution >= 0.6 is 0 Å². The molecule has 1 atom stereocenters. The molecule has 1 aromatic heterocycles. The van der Waals surface area contributed by atoms with Gasteiger partial charge in [-0.25, -0.2) is 4.98 Å². The van der Waals surface area contributed by atoms with Crippen LogP contribution in [0.1, 0.15) is 63.4 Å². The third kappa shape index (κ3) is 5.27. The number of aromatic nitrogens is 2. The van der Waals surface area contributed by atoms with Crippen molar-refractivity contribution < 1.29 is 0 Å². The third-order valence-corrected chi connectivity index (χ3v) is 8.38. The molecule has 5 heteroatoms. The van der Waals surface area contributed by atoms with Crippen molar-refractivity contribution in [3.05, 3.63) is 99.7 Å². The molecule has 1 saturated carbocycles. The standard InChI is InChI=1S/C34H41N5/c1-22-9-13-27(14-10-22)32-34(36-29-17-11-23(2)12-18-29)39-20-19-38(21-30(39)37-32)33(28-15-16-28)26(5)35-31-24(3)7-6-8-25(31)4/h7,9-14,17-18,26,35-36H,6,8,15-16,19-21H2,1-5H3. The number of anilines is 2. The first-order valence-corrected chi connectivity index (χ1v) is 14.5. The fourth-order valence-corrected chi connectivity index (χ4v) is 6.06. The van der Waals surface area contributed by atoms with E-state index in [1.165, 1.54) is 46.5 Å². The minimum atomic E-state index is 0.275. The van der Waals surface area contributed by atoms with Gasteiger partial charge in [-0.05, 0) is 89.2 Å². The van der Waals surface area contributed by atoms with Crippen molar-refractivity contribution in [3.8, 4) is 11.3 Å². The molecule has 5 nitrogen and oxygen atoms in total. The van der Waals surface area contributed by atoms with E-state index in [4.69, 9.17) is 4.98 Å². The van der Waals surface area contributed by atoms with Gasteiger partial charge >= 0.3 is 0 Å². The molecule has 2 heterocycles. The molecule has 2 aliphatic carbocycles. The molecule has 0 amide bonds. The van der Waals surface area contributed by atoms with Gasteiger partial charge in [-0.1, -0.05) is 53.6 Å². The highest BCUT2D eigenvalue weighted by molar-refractivity contribution is 5.76. The summed E-state index contributed by atoms with van der Waals surface area (Å²) in [5.41, 5.74) is 13.1. The maximum atomic E-state index is 5.27. The van der Waals surface area contributed by atoms with Crippen LogP contribution < -0.4 is 10.6 Å². The molecule has 202 valence electrons. The molecule has 3 aliphatic rings. The second-order valence-electron chi connectivity index (χ2n) is 11.6. The Bertz CT molecular complexity index is 1460. The minimum Gasteiger partial charge on any atom is -0.377 e. The van der Waals surface area contributed by atoms with E-state index in [1.807, 2.05) is 0 Å². The lowest BCUT2D eigenvalue weighted by molar-refractivity contribution is 0.255. The van der Waals surface area contributed by atoms with Crippen molar-refractivity contribution in [1.29, 1.82) is 0 Å². The van der Waals surface area contributed by atoms with Gasteiger partial charge in [0.15, 0.2) is 0 Å². The molecule has 0 saturated heterocycles. The number of nitrogens with zero attached hydrogens (tertiary/aromatic N) is 3. The Morgan fingerprint density at radius 1 is 0.872 bits per heavy atom.